The van der Waals surface area contributed by atoms with Crippen LogP contribution in [0.1, 0.15) is 17.3 Å². The molecule has 1 rings (SSSR count). The predicted octanol–water partition coefficient (Wildman–Crippen LogP) is 1.41. The molecule has 0 fully saturated rings. The van der Waals surface area contributed by atoms with Crippen molar-refractivity contribution in [1.29, 1.82) is 0 Å². The number of rotatable bonds is 5. The van der Waals surface area contributed by atoms with Crippen LogP contribution in [0.15, 0.2) is 18.2 Å². The molecule has 0 aliphatic carbocycles. The quantitative estimate of drug-likeness (QED) is 0.652. The fourth-order valence-electron chi connectivity index (χ4n) is 1.63. The lowest BCUT2D eigenvalue weighted by molar-refractivity contribution is -0.384. The van der Waals surface area contributed by atoms with E-state index in [1.807, 2.05) is 0 Å². The number of nitro benzene ring substituents is 1. The maximum Gasteiger partial charge on any atom is 0.288 e. The van der Waals surface area contributed by atoms with Crippen LogP contribution in [-0.2, 0) is 9.84 Å². The smallest absolute Gasteiger partial charge is 0.288 e. The summed E-state index contributed by atoms with van der Waals surface area (Å²) in [6, 6.07) is 3.21. The van der Waals surface area contributed by atoms with Crippen LogP contribution in [0, 0.1) is 10.1 Å². The number of nitrogens with one attached hydrogen (secondary N) is 1. The van der Waals surface area contributed by atoms with Crippen LogP contribution in [0.25, 0.3) is 0 Å². The van der Waals surface area contributed by atoms with E-state index < -0.39 is 26.7 Å². The van der Waals surface area contributed by atoms with Gasteiger partial charge in [-0.25, -0.2) is 8.42 Å². The summed E-state index contributed by atoms with van der Waals surface area (Å²) in [4.78, 5) is 21.9. The van der Waals surface area contributed by atoms with Crippen molar-refractivity contribution in [2.24, 2.45) is 0 Å². The van der Waals surface area contributed by atoms with Crippen LogP contribution in [0.3, 0.4) is 0 Å². The molecule has 1 aromatic rings. The van der Waals surface area contributed by atoms with Crippen LogP contribution >= 0.6 is 11.6 Å². The van der Waals surface area contributed by atoms with Gasteiger partial charge in [0.25, 0.3) is 11.6 Å². The maximum atomic E-state index is 11.9. The molecule has 9 heteroatoms. The molecule has 7 nitrogen and oxygen atoms in total. The Bertz CT molecular complexity index is 644. The van der Waals surface area contributed by atoms with E-state index in [4.69, 9.17) is 11.6 Å². The molecule has 0 bridgehead atoms. The second-order valence-electron chi connectivity index (χ2n) is 4.36. The maximum absolute atomic E-state index is 11.9. The molecule has 20 heavy (non-hydrogen) atoms. The van der Waals surface area contributed by atoms with Crippen molar-refractivity contribution >= 4 is 33.0 Å². The number of nitro groups is 1. The number of amides is 1. The second kappa shape index (κ2) is 6.19. The van der Waals surface area contributed by atoms with Crippen molar-refractivity contribution in [1.82, 2.24) is 5.32 Å². The third-order valence-electron chi connectivity index (χ3n) is 2.35. The summed E-state index contributed by atoms with van der Waals surface area (Å²) in [5.41, 5.74) is -0.448. The zero-order valence-electron chi connectivity index (χ0n) is 10.8. The lowest BCUT2D eigenvalue weighted by Crippen LogP contribution is -2.37. The minimum atomic E-state index is -3.24. The van der Waals surface area contributed by atoms with Gasteiger partial charge in [0.15, 0.2) is 0 Å². The Kier molecular flexibility index (Phi) is 5.07. The third-order valence-corrected chi connectivity index (χ3v) is 3.85. The normalized spacial score (nSPS) is 12.8. The number of hydrogen-bond acceptors (Lipinski definition) is 5. The molecule has 1 N–H and O–H groups in total. The highest BCUT2D eigenvalue weighted by Crippen LogP contribution is 2.27. The molecule has 0 spiro atoms. The number of carbonyl (C=O) groups excluding carboxylic acids is 1. The van der Waals surface area contributed by atoms with Gasteiger partial charge in [0, 0.05) is 18.4 Å². The number of hydrogen-bond donors (Lipinski definition) is 1. The largest absolute Gasteiger partial charge is 0.349 e. The molecule has 0 radical (unpaired) electrons. The molecule has 1 atom stereocenters. The van der Waals surface area contributed by atoms with Gasteiger partial charge in [-0.15, -0.1) is 0 Å². The Labute approximate surface area is 121 Å². The number of sulfone groups is 1. The first-order chi connectivity index (χ1) is 9.11. The molecule has 0 aliphatic heterocycles. The molecule has 1 unspecified atom stereocenters. The SMILES string of the molecule is CC(CS(C)(=O)=O)NC(=O)c1cccc([N+](=O)[O-])c1Cl. The molecule has 0 aliphatic rings. The first-order valence-corrected chi connectivity index (χ1v) is 7.97. The van der Waals surface area contributed by atoms with E-state index in [2.05, 4.69) is 5.32 Å². The van der Waals surface area contributed by atoms with Crippen molar-refractivity contribution in [2.75, 3.05) is 12.0 Å². The number of carbonyl (C=O) groups is 1. The molecule has 110 valence electrons. The van der Waals surface area contributed by atoms with E-state index in [0.717, 1.165) is 6.26 Å². The number of nitrogens with zero attached hydrogens (tertiary/aromatic N) is 1. The van der Waals surface area contributed by atoms with Gasteiger partial charge in [-0.1, -0.05) is 17.7 Å². The van der Waals surface area contributed by atoms with E-state index in [9.17, 15) is 23.3 Å². The van der Waals surface area contributed by atoms with Crippen molar-refractivity contribution < 1.29 is 18.1 Å². The monoisotopic (exact) mass is 320 g/mol. The minimum absolute atomic E-state index is 0.0683. The Hall–Kier alpha value is -1.67. The standard InChI is InChI=1S/C11H13ClN2O5S/c1-7(6-20(2,18)19)13-11(15)8-4-3-5-9(10(8)12)14(16)17/h3-5,7H,6H2,1-2H3,(H,13,15). The first kappa shape index (κ1) is 16.4. The van der Waals surface area contributed by atoms with Crippen LogP contribution in [0.4, 0.5) is 5.69 Å². The Balaban J connectivity index is 2.94. The fourth-order valence-corrected chi connectivity index (χ4v) is 2.91. The lowest BCUT2D eigenvalue weighted by Gasteiger charge is -2.13. The van der Waals surface area contributed by atoms with Crippen LogP contribution in [-0.4, -0.2) is 37.3 Å². The Morgan fingerprint density at radius 1 is 1.50 bits per heavy atom. The molecular formula is C11H13ClN2O5S. The van der Waals surface area contributed by atoms with Crippen LogP contribution < -0.4 is 5.32 Å². The molecule has 1 aromatic carbocycles. The lowest BCUT2D eigenvalue weighted by atomic mass is 10.2. The highest BCUT2D eigenvalue weighted by atomic mass is 35.5. The summed E-state index contributed by atoms with van der Waals surface area (Å²) in [6.45, 7) is 1.52. The molecule has 0 heterocycles. The van der Waals surface area contributed by atoms with Crippen molar-refractivity contribution in [3.8, 4) is 0 Å². The third kappa shape index (κ3) is 4.46. The van der Waals surface area contributed by atoms with Crippen molar-refractivity contribution in [2.45, 2.75) is 13.0 Å². The van der Waals surface area contributed by atoms with Gasteiger partial charge in [-0.05, 0) is 13.0 Å². The van der Waals surface area contributed by atoms with Gasteiger partial charge < -0.3 is 5.32 Å². The summed E-state index contributed by atoms with van der Waals surface area (Å²) in [6.07, 6.45) is 1.05. The molecular weight excluding hydrogens is 308 g/mol. The average molecular weight is 321 g/mol. The highest BCUT2D eigenvalue weighted by molar-refractivity contribution is 7.90. The molecule has 0 saturated carbocycles. The van der Waals surface area contributed by atoms with Crippen LogP contribution in [0.5, 0.6) is 0 Å². The van der Waals surface area contributed by atoms with E-state index in [1.54, 1.807) is 0 Å². The molecule has 0 aromatic heterocycles. The second-order valence-corrected chi connectivity index (χ2v) is 6.93. The summed E-state index contributed by atoms with van der Waals surface area (Å²) in [7, 11) is -3.24. The zero-order valence-corrected chi connectivity index (χ0v) is 12.4. The van der Waals surface area contributed by atoms with Gasteiger partial charge in [0.05, 0.1) is 16.2 Å². The van der Waals surface area contributed by atoms with E-state index in [0.29, 0.717) is 0 Å². The van der Waals surface area contributed by atoms with E-state index in [1.165, 1.54) is 25.1 Å². The van der Waals surface area contributed by atoms with Gasteiger partial charge in [-0.2, -0.15) is 0 Å². The van der Waals surface area contributed by atoms with Gasteiger partial charge in [-0.3, -0.25) is 14.9 Å². The summed E-state index contributed by atoms with van der Waals surface area (Å²) < 4.78 is 22.2. The van der Waals surface area contributed by atoms with Crippen molar-refractivity contribution in [3.05, 3.63) is 38.9 Å². The summed E-state index contributed by atoms with van der Waals surface area (Å²) >= 11 is 5.79. The van der Waals surface area contributed by atoms with Gasteiger partial charge in [0.2, 0.25) is 0 Å². The highest BCUT2D eigenvalue weighted by Gasteiger charge is 2.21. The van der Waals surface area contributed by atoms with E-state index in [-0.39, 0.29) is 22.0 Å². The van der Waals surface area contributed by atoms with E-state index >= 15 is 0 Å². The Morgan fingerprint density at radius 2 is 2.10 bits per heavy atom. The minimum Gasteiger partial charge on any atom is -0.349 e. The summed E-state index contributed by atoms with van der Waals surface area (Å²) in [5.74, 6) is -0.888. The zero-order chi connectivity index (χ0) is 15.5. The molecule has 1 amide bonds. The average Bonchev–Trinajstić information content (AvgIpc) is 2.25. The number of benzene rings is 1. The Morgan fingerprint density at radius 3 is 2.60 bits per heavy atom. The fraction of sp³-hybridized carbons (Fsp3) is 0.364. The summed E-state index contributed by atoms with van der Waals surface area (Å²) in [5, 5.41) is 12.9. The van der Waals surface area contributed by atoms with Crippen LogP contribution in [0.2, 0.25) is 5.02 Å². The number of halogens is 1. The van der Waals surface area contributed by atoms with Gasteiger partial charge in [0.1, 0.15) is 14.9 Å². The first-order valence-electron chi connectivity index (χ1n) is 5.53. The molecule has 0 saturated heterocycles. The predicted molar refractivity (Wildman–Crippen MR) is 74.7 cm³/mol. The topological polar surface area (TPSA) is 106 Å². The van der Waals surface area contributed by atoms with Gasteiger partial charge >= 0.3 is 0 Å². The van der Waals surface area contributed by atoms with Crippen molar-refractivity contribution in [3.63, 3.8) is 0 Å².